The van der Waals surface area contributed by atoms with E-state index < -0.39 is 5.41 Å². The predicted molar refractivity (Wildman–Crippen MR) is 221 cm³/mol. The SMILES string of the molecule is Cc1ccc2c(c1)C1(c3cc(C(C)(C)C)ccc3-2)c2ccccc2-c2c(-c3ccc(-c4nc(-c5ccccc5)nc(-c5ccccc5)n4)cc3)cccc21. The highest BCUT2D eigenvalue weighted by Crippen LogP contribution is 2.64. The van der Waals surface area contributed by atoms with E-state index in [4.69, 9.17) is 15.0 Å². The van der Waals surface area contributed by atoms with Crippen LogP contribution >= 0.6 is 0 Å². The van der Waals surface area contributed by atoms with Crippen molar-refractivity contribution in [2.75, 3.05) is 0 Å². The van der Waals surface area contributed by atoms with Gasteiger partial charge in [0.2, 0.25) is 0 Å². The molecule has 3 nitrogen and oxygen atoms in total. The van der Waals surface area contributed by atoms with Crippen molar-refractivity contribution in [3.05, 3.63) is 197 Å². The van der Waals surface area contributed by atoms with Crippen molar-refractivity contribution in [1.29, 1.82) is 0 Å². The molecule has 0 amide bonds. The largest absolute Gasteiger partial charge is 0.208 e. The second-order valence-corrected chi connectivity index (χ2v) is 15.7. The lowest BCUT2D eigenvalue weighted by atomic mass is 9.69. The number of benzene rings is 7. The van der Waals surface area contributed by atoms with Crippen LogP contribution in [0.1, 0.15) is 54.2 Å². The number of nitrogens with zero attached hydrogens (tertiary/aromatic N) is 3. The molecular weight excluding hydrogens is 655 g/mol. The zero-order valence-corrected chi connectivity index (χ0v) is 30.9. The second kappa shape index (κ2) is 12.0. The summed E-state index contributed by atoms with van der Waals surface area (Å²) in [5, 5.41) is 0. The lowest BCUT2D eigenvalue weighted by molar-refractivity contribution is 0.588. The van der Waals surface area contributed by atoms with Crippen LogP contribution in [0.4, 0.5) is 0 Å². The van der Waals surface area contributed by atoms with Crippen molar-refractivity contribution >= 4 is 0 Å². The normalized spacial score (nSPS) is 15.1. The highest BCUT2D eigenvalue weighted by Gasteiger charge is 2.52. The van der Waals surface area contributed by atoms with Crippen LogP contribution in [0.5, 0.6) is 0 Å². The van der Waals surface area contributed by atoms with Crippen molar-refractivity contribution in [3.8, 4) is 67.5 Å². The minimum Gasteiger partial charge on any atom is -0.208 e. The zero-order valence-electron chi connectivity index (χ0n) is 30.9. The molecule has 1 spiro atoms. The summed E-state index contributed by atoms with van der Waals surface area (Å²) in [7, 11) is 0. The molecular formula is C51H39N3. The van der Waals surface area contributed by atoms with Crippen LogP contribution in [0.25, 0.3) is 67.5 Å². The maximum absolute atomic E-state index is 4.99. The van der Waals surface area contributed by atoms with Crippen LogP contribution in [0, 0.1) is 6.92 Å². The van der Waals surface area contributed by atoms with E-state index in [1.54, 1.807) is 0 Å². The Morgan fingerprint density at radius 1 is 0.389 bits per heavy atom. The lowest BCUT2D eigenvalue weighted by Gasteiger charge is -2.32. The Morgan fingerprint density at radius 2 is 0.889 bits per heavy atom. The van der Waals surface area contributed by atoms with Crippen LogP contribution in [-0.4, -0.2) is 15.0 Å². The van der Waals surface area contributed by atoms with E-state index in [-0.39, 0.29) is 5.41 Å². The molecule has 10 rings (SSSR count). The number of aryl methyl sites for hydroxylation is 1. The fraction of sp³-hybridized carbons (Fsp3) is 0.118. The van der Waals surface area contributed by atoms with Crippen molar-refractivity contribution < 1.29 is 0 Å². The predicted octanol–water partition coefficient (Wildman–Crippen LogP) is 12.5. The topological polar surface area (TPSA) is 38.7 Å². The van der Waals surface area contributed by atoms with Crippen molar-refractivity contribution in [2.45, 2.75) is 38.5 Å². The van der Waals surface area contributed by atoms with E-state index in [0.29, 0.717) is 17.5 Å². The molecule has 1 unspecified atom stereocenters. The molecule has 0 fully saturated rings. The van der Waals surface area contributed by atoms with Gasteiger partial charge in [-0.2, -0.15) is 0 Å². The van der Waals surface area contributed by atoms with Crippen molar-refractivity contribution in [1.82, 2.24) is 15.0 Å². The molecule has 0 aliphatic heterocycles. The number of aromatic nitrogens is 3. The third-order valence-corrected chi connectivity index (χ3v) is 11.4. The van der Waals surface area contributed by atoms with Gasteiger partial charge in [-0.15, -0.1) is 0 Å². The molecule has 54 heavy (non-hydrogen) atoms. The van der Waals surface area contributed by atoms with Gasteiger partial charge in [-0.1, -0.05) is 190 Å². The number of fused-ring (bicyclic) bond motifs is 10. The molecule has 0 bridgehead atoms. The van der Waals surface area contributed by atoms with E-state index >= 15 is 0 Å². The number of hydrogen-bond donors (Lipinski definition) is 0. The van der Waals surface area contributed by atoms with Crippen molar-refractivity contribution in [2.24, 2.45) is 0 Å². The molecule has 0 radical (unpaired) electrons. The average molecular weight is 694 g/mol. The summed E-state index contributed by atoms with van der Waals surface area (Å²) in [6.07, 6.45) is 0. The van der Waals surface area contributed by atoms with Gasteiger partial charge in [0, 0.05) is 16.7 Å². The van der Waals surface area contributed by atoms with Crippen molar-refractivity contribution in [3.63, 3.8) is 0 Å². The fourth-order valence-electron chi connectivity index (χ4n) is 8.79. The van der Waals surface area contributed by atoms with Gasteiger partial charge in [-0.05, 0) is 73.5 Å². The zero-order chi connectivity index (χ0) is 36.6. The second-order valence-electron chi connectivity index (χ2n) is 15.7. The first-order valence-electron chi connectivity index (χ1n) is 18.8. The third kappa shape index (κ3) is 4.85. The highest BCUT2D eigenvalue weighted by atomic mass is 15.0. The summed E-state index contributed by atoms with van der Waals surface area (Å²) < 4.78 is 0. The maximum atomic E-state index is 4.99. The van der Waals surface area contributed by atoms with Gasteiger partial charge >= 0.3 is 0 Å². The summed E-state index contributed by atoms with van der Waals surface area (Å²) >= 11 is 0. The standard InChI is InChI=1S/C51H39N3/c1-32-22-28-39-40-29-27-37(50(2,3)4)31-45(40)51(44(39)30-32)42-20-12-11-18-41(42)46-38(19-13-21-43(46)51)33-23-25-36(26-24-33)49-53-47(34-14-7-5-8-15-34)52-48(54-49)35-16-9-6-10-17-35/h5-31H,1-4H3. The smallest absolute Gasteiger partial charge is 0.164 e. The third-order valence-electron chi connectivity index (χ3n) is 11.4. The molecule has 258 valence electrons. The summed E-state index contributed by atoms with van der Waals surface area (Å²) in [4.78, 5) is 14.9. The molecule has 7 aromatic carbocycles. The highest BCUT2D eigenvalue weighted by molar-refractivity contribution is 6.00. The van der Waals surface area contributed by atoms with E-state index in [9.17, 15) is 0 Å². The van der Waals surface area contributed by atoms with Crippen LogP contribution < -0.4 is 0 Å². The molecule has 1 aromatic heterocycles. The van der Waals surface area contributed by atoms with E-state index in [1.165, 1.54) is 61.2 Å². The molecule has 0 N–H and O–H groups in total. The molecule has 2 aliphatic carbocycles. The Kier molecular flexibility index (Phi) is 7.19. The molecule has 0 saturated heterocycles. The molecule has 1 atom stereocenters. The summed E-state index contributed by atoms with van der Waals surface area (Å²) in [5.74, 6) is 1.97. The van der Waals surface area contributed by atoms with Crippen LogP contribution in [-0.2, 0) is 10.8 Å². The molecule has 8 aromatic rings. The lowest BCUT2D eigenvalue weighted by Crippen LogP contribution is -2.26. The van der Waals surface area contributed by atoms with E-state index in [2.05, 4.69) is 131 Å². The van der Waals surface area contributed by atoms with Gasteiger partial charge in [-0.3, -0.25) is 0 Å². The Labute approximate surface area is 317 Å². The monoisotopic (exact) mass is 693 g/mol. The summed E-state index contributed by atoms with van der Waals surface area (Å²) in [6, 6.07) is 59.3. The van der Waals surface area contributed by atoms with Crippen LogP contribution in [0.3, 0.4) is 0 Å². The van der Waals surface area contributed by atoms with Gasteiger partial charge in [-0.25, -0.2) is 15.0 Å². The van der Waals surface area contributed by atoms with Crippen LogP contribution in [0.15, 0.2) is 164 Å². The Hall–Kier alpha value is -6.45. The minimum absolute atomic E-state index is 0.0215. The quantitative estimate of drug-likeness (QED) is 0.184. The average Bonchev–Trinajstić information content (AvgIpc) is 3.68. The Balaban J connectivity index is 1.15. The van der Waals surface area contributed by atoms with Crippen LogP contribution in [0.2, 0.25) is 0 Å². The first kappa shape index (κ1) is 32.2. The van der Waals surface area contributed by atoms with Gasteiger partial charge in [0.1, 0.15) is 0 Å². The van der Waals surface area contributed by atoms with Gasteiger partial charge < -0.3 is 0 Å². The summed E-state index contributed by atoms with van der Waals surface area (Å²) in [5.41, 5.74) is 18.2. The van der Waals surface area contributed by atoms with E-state index in [0.717, 1.165) is 22.3 Å². The maximum Gasteiger partial charge on any atom is 0.164 e. The first-order valence-corrected chi connectivity index (χ1v) is 18.8. The molecule has 2 aliphatic rings. The first-order chi connectivity index (χ1) is 26.3. The molecule has 0 saturated carbocycles. The number of hydrogen-bond acceptors (Lipinski definition) is 3. The fourth-order valence-corrected chi connectivity index (χ4v) is 8.79. The van der Waals surface area contributed by atoms with Gasteiger partial charge in [0.15, 0.2) is 17.5 Å². The molecule has 3 heteroatoms. The number of rotatable bonds is 4. The summed E-state index contributed by atoms with van der Waals surface area (Å²) in [6.45, 7) is 9.16. The minimum atomic E-state index is -0.410. The van der Waals surface area contributed by atoms with Gasteiger partial charge in [0.05, 0.1) is 5.41 Å². The molecule has 1 heterocycles. The van der Waals surface area contributed by atoms with Gasteiger partial charge in [0.25, 0.3) is 0 Å². The van der Waals surface area contributed by atoms with E-state index in [1.807, 2.05) is 60.7 Å². The Morgan fingerprint density at radius 3 is 1.52 bits per heavy atom. The Bertz CT molecular complexity index is 2680.